The zero-order valence-electron chi connectivity index (χ0n) is 13.6. The minimum atomic E-state index is 0.211. The zero-order chi connectivity index (χ0) is 14.6. The molecule has 1 atom stereocenters. The highest BCUT2D eigenvalue weighted by Gasteiger charge is 2.17. The van der Waals surface area contributed by atoms with Crippen molar-refractivity contribution < 1.29 is 4.74 Å². The van der Waals surface area contributed by atoms with Crippen LogP contribution in [-0.2, 0) is 16.6 Å². The van der Waals surface area contributed by atoms with Crippen LogP contribution in [-0.4, -0.2) is 26.8 Å². The monoisotopic (exact) mass is 263 g/mol. The van der Waals surface area contributed by atoms with Crippen LogP contribution in [0.1, 0.15) is 43.0 Å². The predicted molar refractivity (Wildman–Crippen MR) is 83.0 cm³/mol. The first-order valence-electron chi connectivity index (χ1n) is 7.06. The molecule has 0 aliphatic rings. The van der Waals surface area contributed by atoms with Gasteiger partial charge >= 0.3 is 0 Å². The lowest BCUT2D eigenvalue weighted by Crippen LogP contribution is -2.32. The van der Waals surface area contributed by atoms with Gasteiger partial charge in [-0.05, 0) is 55.0 Å². The third-order valence-electron chi connectivity index (χ3n) is 3.79. The molecule has 1 aromatic rings. The van der Waals surface area contributed by atoms with E-state index in [1.54, 1.807) is 7.11 Å². The molecule has 1 unspecified atom stereocenters. The molecule has 1 rings (SSSR count). The molecule has 0 amide bonds. The van der Waals surface area contributed by atoms with E-state index in [-0.39, 0.29) is 5.41 Å². The van der Waals surface area contributed by atoms with Crippen LogP contribution < -0.4 is 5.32 Å². The Kier molecular flexibility index (Phi) is 5.57. The van der Waals surface area contributed by atoms with Gasteiger partial charge in [0.25, 0.3) is 0 Å². The van der Waals surface area contributed by atoms with Gasteiger partial charge in [-0.2, -0.15) is 0 Å². The van der Waals surface area contributed by atoms with Crippen LogP contribution in [0.4, 0.5) is 0 Å². The van der Waals surface area contributed by atoms with Crippen molar-refractivity contribution in [2.75, 3.05) is 20.8 Å². The van der Waals surface area contributed by atoms with Crippen LogP contribution in [0.2, 0.25) is 0 Å². The third kappa shape index (κ3) is 4.32. The predicted octanol–water partition coefficient (Wildman–Crippen LogP) is 3.38. The average Bonchev–Trinajstić information content (AvgIpc) is 2.30. The number of rotatable bonds is 5. The summed E-state index contributed by atoms with van der Waals surface area (Å²) in [5.41, 5.74) is 5.86. The Balaban J connectivity index is 3.03. The largest absolute Gasteiger partial charge is 0.383 e. The molecule has 108 valence electrons. The SMILES string of the molecule is CNC(COC)Cc1c(C)cc(C(C)(C)C)cc1C. The summed E-state index contributed by atoms with van der Waals surface area (Å²) >= 11 is 0. The Morgan fingerprint density at radius 2 is 1.68 bits per heavy atom. The standard InChI is InChI=1S/C17H29NO/c1-12-8-14(17(3,4)5)9-13(2)16(12)10-15(18-6)11-19-7/h8-9,15,18H,10-11H2,1-7H3. The lowest BCUT2D eigenvalue weighted by atomic mass is 9.83. The van der Waals surface area contributed by atoms with Gasteiger partial charge in [-0.25, -0.2) is 0 Å². The van der Waals surface area contributed by atoms with Gasteiger partial charge in [-0.3, -0.25) is 0 Å². The zero-order valence-corrected chi connectivity index (χ0v) is 13.6. The van der Waals surface area contributed by atoms with E-state index in [4.69, 9.17) is 4.74 Å². The Bertz CT molecular complexity index is 395. The number of hydrogen-bond donors (Lipinski definition) is 1. The summed E-state index contributed by atoms with van der Waals surface area (Å²) in [5.74, 6) is 0. The fourth-order valence-corrected chi connectivity index (χ4v) is 2.44. The molecule has 1 N–H and O–H groups in total. The van der Waals surface area contributed by atoms with Crippen molar-refractivity contribution in [2.45, 2.75) is 52.5 Å². The minimum Gasteiger partial charge on any atom is -0.383 e. The van der Waals surface area contributed by atoms with Gasteiger partial charge in [0.05, 0.1) is 6.61 Å². The Labute approximate surface area is 118 Å². The normalized spacial score (nSPS) is 13.6. The molecule has 0 heterocycles. The molecule has 0 bridgehead atoms. The van der Waals surface area contributed by atoms with Crippen molar-refractivity contribution in [1.29, 1.82) is 0 Å². The van der Waals surface area contributed by atoms with E-state index < -0.39 is 0 Å². The first-order valence-corrected chi connectivity index (χ1v) is 7.06. The van der Waals surface area contributed by atoms with Gasteiger partial charge in [0, 0.05) is 13.2 Å². The fraction of sp³-hybridized carbons (Fsp3) is 0.647. The lowest BCUT2D eigenvalue weighted by Gasteiger charge is -2.24. The van der Waals surface area contributed by atoms with Crippen molar-refractivity contribution in [3.63, 3.8) is 0 Å². The van der Waals surface area contributed by atoms with E-state index in [0.717, 1.165) is 13.0 Å². The van der Waals surface area contributed by atoms with E-state index in [0.29, 0.717) is 6.04 Å². The van der Waals surface area contributed by atoms with Crippen LogP contribution in [0, 0.1) is 13.8 Å². The molecule has 19 heavy (non-hydrogen) atoms. The van der Waals surface area contributed by atoms with Crippen molar-refractivity contribution in [2.24, 2.45) is 0 Å². The van der Waals surface area contributed by atoms with E-state index in [1.807, 2.05) is 7.05 Å². The van der Waals surface area contributed by atoms with Crippen molar-refractivity contribution in [1.82, 2.24) is 5.32 Å². The molecule has 0 aromatic heterocycles. The maximum atomic E-state index is 5.26. The van der Waals surface area contributed by atoms with Gasteiger partial charge in [0.1, 0.15) is 0 Å². The Morgan fingerprint density at radius 1 is 1.16 bits per heavy atom. The number of hydrogen-bond acceptors (Lipinski definition) is 2. The molecule has 2 nitrogen and oxygen atoms in total. The number of aryl methyl sites for hydroxylation is 2. The maximum absolute atomic E-state index is 5.26. The smallest absolute Gasteiger partial charge is 0.0618 e. The highest BCUT2D eigenvalue weighted by atomic mass is 16.5. The average molecular weight is 263 g/mol. The summed E-state index contributed by atoms with van der Waals surface area (Å²) in [4.78, 5) is 0. The van der Waals surface area contributed by atoms with Gasteiger partial charge in [-0.1, -0.05) is 32.9 Å². The summed E-state index contributed by atoms with van der Waals surface area (Å²) in [6, 6.07) is 5.05. The molecule has 0 fully saturated rings. The molecule has 0 aliphatic carbocycles. The Hall–Kier alpha value is -0.860. The first-order chi connectivity index (χ1) is 8.79. The minimum absolute atomic E-state index is 0.211. The molecule has 0 saturated heterocycles. The van der Waals surface area contributed by atoms with Crippen molar-refractivity contribution in [3.8, 4) is 0 Å². The second kappa shape index (κ2) is 6.53. The fourth-order valence-electron chi connectivity index (χ4n) is 2.44. The summed E-state index contributed by atoms with van der Waals surface area (Å²) < 4.78 is 5.26. The summed E-state index contributed by atoms with van der Waals surface area (Å²) in [5, 5.41) is 3.33. The van der Waals surface area contributed by atoms with Gasteiger partial charge < -0.3 is 10.1 Å². The number of nitrogens with one attached hydrogen (secondary N) is 1. The molecule has 0 saturated carbocycles. The number of methoxy groups -OCH3 is 1. The van der Waals surface area contributed by atoms with Gasteiger partial charge in [-0.15, -0.1) is 0 Å². The van der Waals surface area contributed by atoms with Gasteiger partial charge in [0.2, 0.25) is 0 Å². The number of ether oxygens (including phenoxy) is 1. The summed E-state index contributed by atoms with van der Waals surface area (Å²) in [6.07, 6.45) is 1.02. The quantitative estimate of drug-likeness (QED) is 0.879. The molecule has 0 radical (unpaired) electrons. The topological polar surface area (TPSA) is 21.3 Å². The number of benzene rings is 1. The highest BCUT2D eigenvalue weighted by molar-refractivity contribution is 5.41. The van der Waals surface area contributed by atoms with Gasteiger partial charge in [0.15, 0.2) is 0 Å². The molecule has 1 aromatic carbocycles. The van der Waals surface area contributed by atoms with Crippen LogP contribution in [0.3, 0.4) is 0 Å². The summed E-state index contributed by atoms with van der Waals surface area (Å²) in [6.45, 7) is 12.0. The molecule has 2 heteroatoms. The van der Waals surface area contributed by atoms with E-state index >= 15 is 0 Å². The van der Waals surface area contributed by atoms with Crippen LogP contribution in [0.5, 0.6) is 0 Å². The maximum Gasteiger partial charge on any atom is 0.0618 e. The first kappa shape index (κ1) is 16.2. The van der Waals surface area contributed by atoms with Crippen molar-refractivity contribution in [3.05, 3.63) is 34.4 Å². The second-order valence-corrected chi connectivity index (χ2v) is 6.48. The van der Waals surface area contributed by atoms with E-state index in [9.17, 15) is 0 Å². The van der Waals surface area contributed by atoms with E-state index in [1.165, 1.54) is 22.3 Å². The highest BCUT2D eigenvalue weighted by Crippen LogP contribution is 2.27. The molecule has 0 spiro atoms. The summed E-state index contributed by atoms with van der Waals surface area (Å²) in [7, 11) is 3.75. The molecule has 0 aliphatic heterocycles. The molecular formula is C17H29NO. The lowest BCUT2D eigenvalue weighted by molar-refractivity contribution is 0.169. The van der Waals surface area contributed by atoms with Crippen molar-refractivity contribution >= 4 is 0 Å². The Morgan fingerprint density at radius 3 is 2.05 bits per heavy atom. The van der Waals surface area contributed by atoms with E-state index in [2.05, 4.69) is 52.1 Å². The van der Waals surface area contributed by atoms with Crippen LogP contribution in [0.25, 0.3) is 0 Å². The molecular weight excluding hydrogens is 234 g/mol. The second-order valence-electron chi connectivity index (χ2n) is 6.48. The number of likely N-dealkylation sites (N-methyl/N-ethyl adjacent to an activating group) is 1. The van der Waals surface area contributed by atoms with Crippen LogP contribution in [0.15, 0.2) is 12.1 Å². The van der Waals surface area contributed by atoms with Crippen LogP contribution >= 0.6 is 0 Å². The third-order valence-corrected chi connectivity index (χ3v) is 3.79.